The number of methoxy groups -OCH3 is 1. The molecule has 4 heteroatoms. The van der Waals surface area contributed by atoms with Crippen LogP contribution in [0.5, 0.6) is 0 Å². The van der Waals surface area contributed by atoms with Gasteiger partial charge in [0.2, 0.25) is 0 Å². The fourth-order valence-corrected chi connectivity index (χ4v) is 0.747. The van der Waals surface area contributed by atoms with E-state index in [0.29, 0.717) is 25.5 Å². The van der Waals surface area contributed by atoms with Crippen LogP contribution >= 0.6 is 0 Å². The van der Waals surface area contributed by atoms with E-state index in [-0.39, 0.29) is 0 Å². The summed E-state index contributed by atoms with van der Waals surface area (Å²) in [6, 6.07) is 0. The van der Waals surface area contributed by atoms with Crippen LogP contribution in [-0.2, 0) is 17.7 Å². The van der Waals surface area contributed by atoms with E-state index >= 15 is 0 Å². The van der Waals surface area contributed by atoms with E-state index in [4.69, 9.17) is 14.9 Å². The molecule has 1 heterocycles. The van der Waals surface area contributed by atoms with Crippen molar-refractivity contribution in [2.24, 2.45) is 5.73 Å². The van der Waals surface area contributed by atoms with Gasteiger partial charge in [0, 0.05) is 13.5 Å². The number of aromatic nitrogens is 1. The minimum atomic E-state index is 0.403. The van der Waals surface area contributed by atoms with Gasteiger partial charge in [-0.2, -0.15) is 0 Å². The molecule has 62 valence electrons. The number of nitrogens with zero attached hydrogens (tertiary/aromatic N) is 1. The number of rotatable bonds is 4. The SMILES string of the molecule is COCCc1ncc(CN)o1. The molecule has 1 aromatic heterocycles. The van der Waals surface area contributed by atoms with E-state index < -0.39 is 0 Å². The largest absolute Gasteiger partial charge is 0.444 e. The van der Waals surface area contributed by atoms with Gasteiger partial charge in [0.1, 0.15) is 5.76 Å². The molecule has 1 aromatic rings. The first-order valence-corrected chi connectivity index (χ1v) is 3.49. The fourth-order valence-electron chi connectivity index (χ4n) is 0.747. The van der Waals surface area contributed by atoms with Gasteiger partial charge in [-0.1, -0.05) is 0 Å². The molecule has 0 saturated heterocycles. The van der Waals surface area contributed by atoms with Crippen LogP contribution in [0.25, 0.3) is 0 Å². The summed E-state index contributed by atoms with van der Waals surface area (Å²) in [5.41, 5.74) is 5.33. The Morgan fingerprint density at radius 2 is 2.55 bits per heavy atom. The zero-order valence-electron chi connectivity index (χ0n) is 6.54. The van der Waals surface area contributed by atoms with Crippen molar-refractivity contribution in [3.63, 3.8) is 0 Å². The molecule has 0 atom stereocenters. The minimum Gasteiger partial charge on any atom is -0.444 e. The molecule has 0 bridgehead atoms. The van der Waals surface area contributed by atoms with Crippen LogP contribution in [0.4, 0.5) is 0 Å². The van der Waals surface area contributed by atoms with Gasteiger partial charge in [-0.25, -0.2) is 4.98 Å². The zero-order valence-corrected chi connectivity index (χ0v) is 6.54. The maximum atomic E-state index is 5.33. The second kappa shape index (κ2) is 4.10. The van der Waals surface area contributed by atoms with Gasteiger partial charge >= 0.3 is 0 Å². The molecule has 0 aliphatic heterocycles. The lowest BCUT2D eigenvalue weighted by molar-refractivity contribution is 0.194. The van der Waals surface area contributed by atoms with E-state index in [1.165, 1.54) is 0 Å². The average Bonchev–Trinajstić information content (AvgIpc) is 2.48. The molecule has 0 aliphatic carbocycles. The van der Waals surface area contributed by atoms with Crippen LogP contribution in [0.3, 0.4) is 0 Å². The summed E-state index contributed by atoms with van der Waals surface area (Å²) in [7, 11) is 1.65. The van der Waals surface area contributed by atoms with E-state index in [1.54, 1.807) is 13.3 Å². The number of hydrogen-bond acceptors (Lipinski definition) is 4. The molecule has 0 fully saturated rings. The number of ether oxygens (including phenoxy) is 1. The molecule has 0 radical (unpaired) electrons. The molecular formula is C7H12N2O2. The highest BCUT2D eigenvalue weighted by molar-refractivity contribution is 4.93. The van der Waals surface area contributed by atoms with Crippen LogP contribution in [-0.4, -0.2) is 18.7 Å². The van der Waals surface area contributed by atoms with Crippen molar-refractivity contribution >= 4 is 0 Å². The Hall–Kier alpha value is -0.870. The summed E-state index contributed by atoms with van der Waals surface area (Å²) >= 11 is 0. The Balaban J connectivity index is 2.44. The Labute approximate surface area is 65.4 Å². The van der Waals surface area contributed by atoms with Crippen LogP contribution in [0, 0.1) is 0 Å². The highest BCUT2D eigenvalue weighted by Gasteiger charge is 2.00. The predicted octanol–water partition coefficient (Wildman–Crippen LogP) is 0.322. The van der Waals surface area contributed by atoms with Crippen LogP contribution in [0.1, 0.15) is 11.7 Å². The molecule has 0 saturated carbocycles. The summed E-state index contributed by atoms with van der Waals surface area (Å²) in [5, 5.41) is 0. The highest BCUT2D eigenvalue weighted by atomic mass is 16.5. The van der Waals surface area contributed by atoms with Crippen LogP contribution in [0.2, 0.25) is 0 Å². The predicted molar refractivity (Wildman–Crippen MR) is 40.0 cm³/mol. The molecule has 11 heavy (non-hydrogen) atoms. The Bertz CT molecular complexity index is 210. The molecule has 0 unspecified atom stereocenters. The van der Waals surface area contributed by atoms with Gasteiger partial charge < -0.3 is 14.9 Å². The summed E-state index contributed by atoms with van der Waals surface area (Å²) in [5.74, 6) is 1.41. The number of oxazole rings is 1. The molecule has 0 spiro atoms. The summed E-state index contributed by atoms with van der Waals surface area (Å²) in [6.07, 6.45) is 2.35. The molecule has 0 amide bonds. The molecule has 2 N–H and O–H groups in total. The van der Waals surface area contributed by atoms with Crippen molar-refractivity contribution in [1.82, 2.24) is 4.98 Å². The molecule has 0 aromatic carbocycles. The van der Waals surface area contributed by atoms with Gasteiger partial charge in [-0.3, -0.25) is 0 Å². The lowest BCUT2D eigenvalue weighted by Crippen LogP contribution is -1.94. The smallest absolute Gasteiger partial charge is 0.196 e. The Morgan fingerprint density at radius 1 is 1.73 bits per heavy atom. The van der Waals surface area contributed by atoms with Crippen molar-refractivity contribution in [1.29, 1.82) is 0 Å². The lowest BCUT2D eigenvalue weighted by atomic mass is 10.5. The summed E-state index contributed by atoms with van der Waals surface area (Å²) in [6.45, 7) is 1.03. The van der Waals surface area contributed by atoms with Crippen LogP contribution < -0.4 is 5.73 Å². The summed E-state index contributed by atoms with van der Waals surface area (Å²) in [4.78, 5) is 4.00. The number of nitrogens with two attached hydrogens (primary N) is 1. The maximum absolute atomic E-state index is 5.33. The van der Waals surface area contributed by atoms with E-state index in [9.17, 15) is 0 Å². The first-order chi connectivity index (χ1) is 5.36. The highest BCUT2D eigenvalue weighted by Crippen LogP contribution is 2.02. The number of hydrogen-bond donors (Lipinski definition) is 1. The topological polar surface area (TPSA) is 61.3 Å². The van der Waals surface area contributed by atoms with Gasteiger partial charge in [-0.05, 0) is 0 Å². The van der Waals surface area contributed by atoms with E-state index in [0.717, 1.165) is 5.76 Å². The van der Waals surface area contributed by atoms with E-state index in [1.807, 2.05) is 0 Å². The zero-order chi connectivity index (χ0) is 8.10. The molecule has 4 nitrogen and oxygen atoms in total. The molecule has 0 aliphatic rings. The van der Waals surface area contributed by atoms with Crippen molar-refractivity contribution in [3.05, 3.63) is 17.8 Å². The van der Waals surface area contributed by atoms with Crippen LogP contribution in [0.15, 0.2) is 10.6 Å². The normalized spacial score (nSPS) is 10.4. The Kier molecular flexibility index (Phi) is 3.07. The van der Waals surface area contributed by atoms with Crippen molar-refractivity contribution in [2.75, 3.05) is 13.7 Å². The third-order valence-electron chi connectivity index (χ3n) is 1.32. The molecule has 1 rings (SSSR count). The van der Waals surface area contributed by atoms with Crippen molar-refractivity contribution in [3.8, 4) is 0 Å². The second-order valence-corrected chi connectivity index (χ2v) is 2.17. The van der Waals surface area contributed by atoms with Crippen molar-refractivity contribution < 1.29 is 9.15 Å². The first-order valence-electron chi connectivity index (χ1n) is 3.49. The minimum absolute atomic E-state index is 0.403. The van der Waals surface area contributed by atoms with Crippen molar-refractivity contribution in [2.45, 2.75) is 13.0 Å². The first kappa shape index (κ1) is 8.23. The van der Waals surface area contributed by atoms with Gasteiger partial charge in [-0.15, -0.1) is 0 Å². The third kappa shape index (κ3) is 2.32. The summed E-state index contributed by atoms with van der Waals surface area (Å²) < 4.78 is 10.1. The monoisotopic (exact) mass is 156 g/mol. The lowest BCUT2D eigenvalue weighted by Gasteiger charge is -1.92. The standard InChI is InChI=1S/C7H12N2O2/c1-10-3-2-7-9-5-6(4-8)11-7/h5H,2-4,8H2,1H3. The van der Waals surface area contributed by atoms with Gasteiger partial charge in [0.25, 0.3) is 0 Å². The maximum Gasteiger partial charge on any atom is 0.196 e. The quantitative estimate of drug-likeness (QED) is 0.682. The third-order valence-corrected chi connectivity index (χ3v) is 1.32. The van der Waals surface area contributed by atoms with Gasteiger partial charge in [0.15, 0.2) is 5.89 Å². The fraction of sp³-hybridized carbons (Fsp3) is 0.571. The van der Waals surface area contributed by atoms with Gasteiger partial charge in [0.05, 0.1) is 19.3 Å². The van der Waals surface area contributed by atoms with E-state index in [2.05, 4.69) is 4.98 Å². The second-order valence-electron chi connectivity index (χ2n) is 2.17. The molecular weight excluding hydrogens is 144 g/mol. The average molecular weight is 156 g/mol. The Morgan fingerprint density at radius 3 is 3.09 bits per heavy atom.